The Bertz CT molecular complexity index is 819. The fourth-order valence-corrected chi connectivity index (χ4v) is 3.54. The average molecular weight is 412 g/mol. The summed E-state index contributed by atoms with van der Waals surface area (Å²) in [5.74, 6) is 2.15. The fraction of sp³-hybridized carbons (Fsp3) is 0.500. The van der Waals surface area contributed by atoms with E-state index in [0.29, 0.717) is 36.8 Å². The molecule has 162 valence electrons. The van der Waals surface area contributed by atoms with Crippen molar-refractivity contribution in [1.82, 2.24) is 10.3 Å². The number of anilines is 1. The molecule has 0 radical (unpaired) electrons. The van der Waals surface area contributed by atoms with E-state index in [1.54, 1.807) is 12.1 Å². The molecule has 1 fully saturated rings. The molecule has 30 heavy (non-hydrogen) atoms. The molecule has 1 N–H and O–H groups in total. The Morgan fingerprint density at radius 2 is 1.77 bits per heavy atom. The van der Waals surface area contributed by atoms with E-state index in [9.17, 15) is 4.79 Å². The molecule has 3 rings (SSSR count). The van der Waals surface area contributed by atoms with Crippen LogP contribution >= 0.6 is 0 Å². The summed E-state index contributed by atoms with van der Waals surface area (Å²) in [5, 5.41) is 3.04. The van der Waals surface area contributed by atoms with E-state index in [4.69, 9.17) is 9.47 Å². The lowest BCUT2D eigenvalue weighted by Crippen LogP contribution is -2.32. The van der Waals surface area contributed by atoms with E-state index in [-0.39, 0.29) is 5.91 Å². The summed E-state index contributed by atoms with van der Waals surface area (Å²) in [6, 6.07) is 9.33. The van der Waals surface area contributed by atoms with Crippen LogP contribution in [0.15, 0.2) is 36.5 Å². The minimum absolute atomic E-state index is 0.133. The van der Waals surface area contributed by atoms with Gasteiger partial charge >= 0.3 is 0 Å². The van der Waals surface area contributed by atoms with Crippen LogP contribution in [0.4, 0.5) is 5.82 Å². The van der Waals surface area contributed by atoms with E-state index in [1.165, 1.54) is 19.3 Å². The molecule has 0 aliphatic carbocycles. The second-order valence-electron chi connectivity index (χ2n) is 7.57. The molecule has 0 spiro atoms. The molecule has 6 heteroatoms. The van der Waals surface area contributed by atoms with Gasteiger partial charge in [-0.25, -0.2) is 4.98 Å². The van der Waals surface area contributed by atoms with E-state index in [1.807, 2.05) is 24.4 Å². The molecule has 1 aromatic heterocycles. The third-order valence-electron chi connectivity index (χ3n) is 5.09. The summed E-state index contributed by atoms with van der Waals surface area (Å²) in [6.45, 7) is 7.81. The maximum atomic E-state index is 12.8. The average Bonchev–Trinajstić information content (AvgIpc) is 2.80. The highest BCUT2D eigenvalue weighted by molar-refractivity contribution is 5.94. The van der Waals surface area contributed by atoms with Crippen molar-refractivity contribution < 1.29 is 14.3 Å². The SMILES string of the molecule is CCCOc1ccc(C(=O)NCc2cccnc2N2CCCCC2)cc1OCCC. The summed E-state index contributed by atoms with van der Waals surface area (Å²) in [4.78, 5) is 19.7. The van der Waals surface area contributed by atoms with E-state index < -0.39 is 0 Å². The van der Waals surface area contributed by atoms with Gasteiger partial charge in [0, 0.05) is 37.0 Å². The highest BCUT2D eigenvalue weighted by Gasteiger charge is 2.17. The van der Waals surface area contributed by atoms with Gasteiger partial charge in [0.1, 0.15) is 5.82 Å². The van der Waals surface area contributed by atoms with Gasteiger partial charge in [0.15, 0.2) is 11.5 Å². The van der Waals surface area contributed by atoms with Crippen molar-refractivity contribution in [2.24, 2.45) is 0 Å². The molecule has 2 heterocycles. The summed E-state index contributed by atoms with van der Waals surface area (Å²) in [7, 11) is 0. The first-order chi connectivity index (χ1) is 14.7. The number of aromatic nitrogens is 1. The first-order valence-electron chi connectivity index (χ1n) is 11.1. The zero-order valence-electron chi connectivity index (χ0n) is 18.2. The summed E-state index contributed by atoms with van der Waals surface area (Å²) in [6.07, 6.45) is 7.28. The first kappa shape index (κ1) is 21.9. The molecule has 2 aromatic rings. The van der Waals surface area contributed by atoms with Crippen molar-refractivity contribution >= 4 is 11.7 Å². The van der Waals surface area contributed by atoms with Crippen LogP contribution in [0.25, 0.3) is 0 Å². The minimum atomic E-state index is -0.133. The molecular weight excluding hydrogens is 378 g/mol. The molecule has 1 aliphatic rings. The van der Waals surface area contributed by atoms with Crippen molar-refractivity contribution in [1.29, 1.82) is 0 Å². The van der Waals surface area contributed by atoms with Gasteiger partial charge in [-0.15, -0.1) is 0 Å². The number of rotatable bonds is 10. The van der Waals surface area contributed by atoms with Gasteiger partial charge in [-0.3, -0.25) is 4.79 Å². The molecule has 1 amide bonds. The number of pyridine rings is 1. The quantitative estimate of drug-likeness (QED) is 0.620. The Kier molecular flexibility index (Phi) is 8.36. The number of nitrogens with one attached hydrogen (secondary N) is 1. The number of hydrogen-bond donors (Lipinski definition) is 1. The highest BCUT2D eigenvalue weighted by atomic mass is 16.5. The van der Waals surface area contributed by atoms with Gasteiger partial charge in [-0.2, -0.15) is 0 Å². The summed E-state index contributed by atoms with van der Waals surface area (Å²) >= 11 is 0. The van der Waals surface area contributed by atoms with E-state index >= 15 is 0 Å². The number of hydrogen-bond acceptors (Lipinski definition) is 5. The largest absolute Gasteiger partial charge is 0.490 e. The van der Waals surface area contributed by atoms with Crippen molar-refractivity contribution in [3.8, 4) is 11.5 Å². The Balaban J connectivity index is 1.69. The van der Waals surface area contributed by atoms with Crippen molar-refractivity contribution in [2.75, 3.05) is 31.2 Å². The third kappa shape index (κ3) is 5.88. The Morgan fingerprint density at radius 3 is 2.50 bits per heavy atom. The lowest BCUT2D eigenvalue weighted by molar-refractivity contribution is 0.0950. The van der Waals surface area contributed by atoms with Crippen LogP contribution in [-0.2, 0) is 6.54 Å². The standard InChI is InChI=1S/C24H33N3O3/c1-3-15-29-21-11-10-19(17-22(21)30-16-4-2)24(28)26-18-20-9-8-12-25-23(20)27-13-6-5-7-14-27/h8-12,17H,3-7,13-16,18H2,1-2H3,(H,26,28). The van der Waals surface area contributed by atoms with Crippen LogP contribution < -0.4 is 19.7 Å². The number of benzene rings is 1. The van der Waals surface area contributed by atoms with Crippen LogP contribution in [0.5, 0.6) is 11.5 Å². The number of ether oxygens (including phenoxy) is 2. The monoisotopic (exact) mass is 411 g/mol. The summed E-state index contributed by atoms with van der Waals surface area (Å²) in [5.41, 5.74) is 1.60. The second-order valence-corrected chi connectivity index (χ2v) is 7.57. The Hall–Kier alpha value is -2.76. The van der Waals surface area contributed by atoms with Crippen molar-refractivity contribution in [3.63, 3.8) is 0 Å². The predicted octanol–water partition coefficient (Wildman–Crippen LogP) is 4.58. The highest BCUT2D eigenvalue weighted by Crippen LogP contribution is 2.29. The topological polar surface area (TPSA) is 63.7 Å². The normalized spacial score (nSPS) is 13.7. The van der Waals surface area contributed by atoms with Crippen LogP contribution in [0.2, 0.25) is 0 Å². The van der Waals surface area contributed by atoms with Crippen LogP contribution in [-0.4, -0.2) is 37.2 Å². The molecule has 0 atom stereocenters. The summed E-state index contributed by atoms with van der Waals surface area (Å²) < 4.78 is 11.6. The number of carbonyl (C=O) groups excluding carboxylic acids is 1. The van der Waals surface area contributed by atoms with Crippen molar-refractivity contribution in [2.45, 2.75) is 52.5 Å². The fourth-order valence-electron chi connectivity index (χ4n) is 3.54. The zero-order valence-corrected chi connectivity index (χ0v) is 18.2. The zero-order chi connectivity index (χ0) is 21.2. The molecule has 0 bridgehead atoms. The van der Waals surface area contributed by atoms with Gasteiger partial charge in [-0.1, -0.05) is 19.9 Å². The maximum absolute atomic E-state index is 12.8. The van der Waals surface area contributed by atoms with Crippen LogP contribution in [0, 0.1) is 0 Å². The van der Waals surface area contributed by atoms with Crippen LogP contribution in [0.1, 0.15) is 61.9 Å². The molecular formula is C24H33N3O3. The van der Waals surface area contributed by atoms with Gasteiger partial charge in [0.05, 0.1) is 13.2 Å². The molecule has 0 saturated carbocycles. The number of nitrogens with zero attached hydrogens (tertiary/aromatic N) is 2. The molecule has 1 saturated heterocycles. The maximum Gasteiger partial charge on any atom is 0.251 e. The lowest BCUT2D eigenvalue weighted by Gasteiger charge is -2.29. The molecule has 0 unspecified atom stereocenters. The third-order valence-corrected chi connectivity index (χ3v) is 5.09. The second kappa shape index (κ2) is 11.4. The van der Waals surface area contributed by atoms with Gasteiger partial charge in [0.25, 0.3) is 5.91 Å². The van der Waals surface area contributed by atoms with Crippen molar-refractivity contribution in [3.05, 3.63) is 47.7 Å². The van der Waals surface area contributed by atoms with E-state index in [0.717, 1.165) is 37.3 Å². The Labute approximate surface area is 179 Å². The minimum Gasteiger partial charge on any atom is -0.490 e. The molecule has 1 aromatic carbocycles. The van der Waals surface area contributed by atoms with Crippen LogP contribution in [0.3, 0.4) is 0 Å². The smallest absolute Gasteiger partial charge is 0.251 e. The predicted molar refractivity (Wildman–Crippen MR) is 119 cm³/mol. The van der Waals surface area contributed by atoms with E-state index in [2.05, 4.69) is 29.0 Å². The lowest BCUT2D eigenvalue weighted by atomic mass is 10.1. The first-order valence-corrected chi connectivity index (χ1v) is 11.1. The van der Waals surface area contributed by atoms with Gasteiger partial charge in [0.2, 0.25) is 0 Å². The number of piperidine rings is 1. The molecule has 1 aliphatic heterocycles. The van der Waals surface area contributed by atoms with Gasteiger partial charge in [-0.05, 0) is 56.4 Å². The molecule has 6 nitrogen and oxygen atoms in total. The number of amides is 1. The van der Waals surface area contributed by atoms with Gasteiger partial charge < -0.3 is 19.7 Å². The number of carbonyl (C=O) groups is 1. The Morgan fingerprint density at radius 1 is 1.03 bits per heavy atom.